The third kappa shape index (κ3) is 3.53. The molecule has 2 rings (SSSR count). The van der Waals surface area contributed by atoms with Crippen LogP contribution in [0.3, 0.4) is 0 Å². The summed E-state index contributed by atoms with van der Waals surface area (Å²) < 4.78 is 19.2. The number of hydrogen-bond donors (Lipinski definition) is 2. The molecule has 2 aromatic carbocycles. The lowest BCUT2D eigenvalue weighted by Gasteiger charge is -2.08. The fraction of sp³-hybridized carbons (Fsp3) is 0.200. The minimum atomic E-state index is -0.310. The maximum Gasteiger partial charge on any atom is 0.130 e. The lowest BCUT2D eigenvalue weighted by molar-refractivity contribution is 0.280. The molecule has 100 valence electrons. The Morgan fingerprint density at radius 2 is 1.74 bits per heavy atom. The maximum absolute atomic E-state index is 13.7. The van der Waals surface area contributed by atoms with Gasteiger partial charge in [0, 0.05) is 12.1 Å². The Morgan fingerprint density at radius 3 is 2.32 bits per heavy atom. The van der Waals surface area contributed by atoms with Crippen LogP contribution in [0.25, 0.3) is 0 Å². The van der Waals surface area contributed by atoms with Crippen LogP contribution in [0.5, 0.6) is 5.75 Å². The molecule has 0 atom stereocenters. The molecule has 0 heterocycles. The second-order valence-electron chi connectivity index (χ2n) is 4.22. The van der Waals surface area contributed by atoms with Gasteiger partial charge >= 0.3 is 0 Å². The Hall–Kier alpha value is -1.91. The predicted octanol–water partition coefficient (Wildman–Crippen LogP) is 2.36. The summed E-state index contributed by atoms with van der Waals surface area (Å²) in [6, 6.07) is 11.9. The molecule has 0 fully saturated rings. The minimum absolute atomic E-state index is 0.00450. The smallest absolute Gasteiger partial charge is 0.130 e. The Bertz CT molecular complexity index is 540. The molecule has 0 radical (unpaired) electrons. The van der Waals surface area contributed by atoms with Crippen molar-refractivity contribution in [3.63, 3.8) is 0 Å². The molecule has 0 aliphatic carbocycles. The van der Waals surface area contributed by atoms with Gasteiger partial charge in [0.2, 0.25) is 0 Å². The van der Waals surface area contributed by atoms with Crippen molar-refractivity contribution in [2.75, 3.05) is 0 Å². The number of rotatable bonds is 5. The first-order valence-corrected chi connectivity index (χ1v) is 6.03. The van der Waals surface area contributed by atoms with E-state index in [1.54, 1.807) is 36.4 Å². The number of benzene rings is 2. The van der Waals surface area contributed by atoms with E-state index in [0.717, 1.165) is 11.1 Å². The average molecular weight is 261 g/mol. The first-order chi connectivity index (χ1) is 9.22. The van der Waals surface area contributed by atoms with E-state index in [-0.39, 0.29) is 19.0 Å². The van der Waals surface area contributed by atoms with E-state index in [4.69, 9.17) is 15.6 Å². The van der Waals surface area contributed by atoms with Gasteiger partial charge in [-0.1, -0.05) is 24.3 Å². The molecular formula is C15H16FNO2. The Labute approximate surface area is 111 Å². The molecule has 0 amide bonds. The molecule has 4 heteroatoms. The predicted molar refractivity (Wildman–Crippen MR) is 71.0 cm³/mol. The number of aliphatic hydroxyl groups excluding tert-OH is 1. The number of halogens is 1. The van der Waals surface area contributed by atoms with E-state index < -0.39 is 0 Å². The summed E-state index contributed by atoms with van der Waals surface area (Å²) in [5.41, 5.74) is 7.50. The molecule has 3 N–H and O–H groups in total. The SMILES string of the molecule is NCc1ccc(COc2ccc(CO)cc2)c(F)c1. The van der Waals surface area contributed by atoms with Crippen molar-refractivity contribution in [3.8, 4) is 5.75 Å². The van der Waals surface area contributed by atoms with Gasteiger partial charge in [0.15, 0.2) is 0 Å². The van der Waals surface area contributed by atoms with Crippen LogP contribution in [0.1, 0.15) is 16.7 Å². The normalized spacial score (nSPS) is 10.5. The Balaban J connectivity index is 2.01. The highest BCUT2D eigenvalue weighted by molar-refractivity contribution is 5.28. The van der Waals surface area contributed by atoms with Crippen LogP contribution < -0.4 is 10.5 Å². The molecular weight excluding hydrogens is 245 g/mol. The summed E-state index contributed by atoms with van der Waals surface area (Å²) in [5.74, 6) is 0.328. The van der Waals surface area contributed by atoms with E-state index in [9.17, 15) is 4.39 Å². The van der Waals surface area contributed by atoms with Gasteiger partial charge in [-0.25, -0.2) is 4.39 Å². The van der Waals surface area contributed by atoms with Crippen molar-refractivity contribution >= 4 is 0 Å². The quantitative estimate of drug-likeness (QED) is 0.868. The van der Waals surface area contributed by atoms with Crippen LogP contribution in [0.2, 0.25) is 0 Å². The topological polar surface area (TPSA) is 55.5 Å². The van der Waals surface area contributed by atoms with Crippen molar-refractivity contribution in [3.05, 3.63) is 65.0 Å². The van der Waals surface area contributed by atoms with Crippen LogP contribution in [0.15, 0.2) is 42.5 Å². The van der Waals surface area contributed by atoms with E-state index in [1.807, 2.05) is 0 Å². The first kappa shape index (κ1) is 13.5. The van der Waals surface area contributed by atoms with Gasteiger partial charge in [-0.15, -0.1) is 0 Å². The van der Waals surface area contributed by atoms with Gasteiger partial charge in [0.05, 0.1) is 6.61 Å². The van der Waals surface area contributed by atoms with Crippen molar-refractivity contribution < 1.29 is 14.2 Å². The highest BCUT2D eigenvalue weighted by Gasteiger charge is 2.04. The van der Waals surface area contributed by atoms with Crippen molar-refractivity contribution in [2.24, 2.45) is 5.73 Å². The van der Waals surface area contributed by atoms with Gasteiger partial charge < -0.3 is 15.6 Å². The number of ether oxygens (including phenoxy) is 1. The standard InChI is InChI=1S/C15H16FNO2/c16-15-7-12(8-17)1-4-13(15)10-19-14-5-2-11(9-18)3-6-14/h1-7,18H,8-10,17H2. The summed E-state index contributed by atoms with van der Waals surface area (Å²) in [5, 5.41) is 8.92. The molecule has 2 aromatic rings. The van der Waals surface area contributed by atoms with Crippen LogP contribution in [-0.4, -0.2) is 5.11 Å². The van der Waals surface area contributed by atoms with Crippen LogP contribution in [0, 0.1) is 5.82 Å². The van der Waals surface area contributed by atoms with Gasteiger partial charge in [0.1, 0.15) is 18.2 Å². The fourth-order valence-corrected chi connectivity index (χ4v) is 1.69. The third-order valence-corrected chi connectivity index (χ3v) is 2.85. The molecule has 0 aliphatic rings. The summed E-state index contributed by atoms with van der Waals surface area (Å²) in [6.45, 7) is 0.477. The maximum atomic E-state index is 13.7. The highest BCUT2D eigenvalue weighted by atomic mass is 19.1. The van der Waals surface area contributed by atoms with Crippen molar-refractivity contribution in [2.45, 2.75) is 19.8 Å². The van der Waals surface area contributed by atoms with Gasteiger partial charge in [0.25, 0.3) is 0 Å². The molecule has 19 heavy (non-hydrogen) atoms. The van der Waals surface area contributed by atoms with Gasteiger partial charge in [-0.3, -0.25) is 0 Å². The molecule has 0 spiro atoms. The lowest BCUT2D eigenvalue weighted by Crippen LogP contribution is -2.02. The van der Waals surface area contributed by atoms with E-state index in [1.165, 1.54) is 6.07 Å². The lowest BCUT2D eigenvalue weighted by atomic mass is 10.1. The van der Waals surface area contributed by atoms with E-state index >= 15 is 0 Å². The average Bonchev–Trinajstić information content (AvgIpc) is 2.46. The van der Waals surface area contributed by atoms with E-state index in [2.05, 4.69) is 0 Å². The zero-order chi connectivity index (χ0) is 13.7. The second kappa shape index (κ2) is 6.31. The molecule has 0 saturated heterocycles. The number of hydrogen-bond acceptors (Lipinski definition) is 3. The summed E-state index contributed by atoms with van der Waals surface area (Å²) >= 11 is 0. The summed E-state index contributed by atoms with van der Waals surface area (Å²) in [6.07, 6.45) is 0. The molecule has 0 saturated carbocycles. The highest BCUT2D eigenvalue weighted by Crippen LogP contribution is 2.16. The second-order valence-corrected chi connectivity index (χ2v) is 4.22. The monoisotopic (exact) mass is 261 g/mol. The molecule has 0 aliphatic heterocycles. The molecule has 0 bridgehead atoms. The molecule has 3 nitrogen and oxygen atoms in total. The van der Waals surface area contributed by atoms with E-state index in [0.29, 0.717) is 17.9 Å². The number of aliphatic hydroxyl groups is 1. The van der Waals surface area contributed by atoms with Crippen LogP contribution in [-0.2, 0) is 19.8 Å². The first-order valence-electron chi connectivity index (χ1n) is 6.03. The zero-order valence-corrected chi connectivity index (χ0v) is 10.5. The van der Waals surface area contributed by atoms with Gasteiger partial charge in [-0.2, -0.15) is 0 Å². The summed E-state index contributed by atoms with van der Waals surface area (Å²) in [4.78, 5) is 0. The Morgan fingerprint density at radius 1 is 1.05 bits per heavy atom. The summed E-state index contributed by atoms with van der Waals surface area (Å²) in [7, 11) is 0. The zero-order valence-electron chi connectivity index (χ0n) is 10.5. The van der Waals surface area contributed by atoms with Crippen LogP contribution in [0.4, 0.5) is 4.39 Å². The van der Waals surface area contributed by atoms with Crippen LogP contribution >= 0.6 is 0 Å². The minimum Gasteiger partial charge on any atom is -0.489 e. The molecule has 0 aromatic heterocycles. The number of nitrogens with two attached hydrogens (primary N) is 1. The Kier molecular flexibility index (Phi) is 4.49. The molecule has 0 unspecified atom stereocenters. The third-order valence-electron chi connectivity index (χ3n) is 2.85. The van der Waals surface area contributed by atoms with Crippen molar-refractivity contribution in [1.82, 2.24) is 0 Å². The van der Waals surface area contributed by atoms with Crippen molar-refractivity contribution in [1.29, 1.82) is 0 Å². The van der Waals surface area contributed by atoms with Gasteiger partial charge in [-0.05, 0) is 29.3 Å². The largest absolute Gasteiger partial charge is 0.489 e. The fourth-order valence-electron chi connectivity index (χ4n) is 1.69.